The molecule has 21 heavy (non-hydrogen) atoms. The summed E-state index contributed by atoms with van der Waals surface area (Å²) in [5.41, 5.74) is 1.75. The van der Waals surface area contributed by atoms with Crippen LogP contribution in [-0.2, 0) is 0 Å². The second kappa shape index (κ2) is 4.64. The molecule has 3 heterocycles. The molecule has 0 fully saturated rings. The third-order valence-electron chi connectivity index (χ3n) is 2.96. The van der Waals surface area contributed by atoms with Crippen LogP contribution in [0.25, 0.3) is 22.9 Å². The van der Waals surface area contributed by atoms with E-state index in [1.165, 1.54) is 4.68 Å². The van der Waals surface area contributed by atoms with Crippen molar-refractivity contribution in [2.24, 2.45) is 0 Å². The molecule has 0 amide bonds. The van der Waals surface area contributed by atoms with Gasteiger partial charge in [-0.25, -0.2) is 9.67 Å². The van der Waals surface area contributed by atoms with Gasteiger partial charge in [0.05, 0.1) is 11.0 Å². The van der Waals surface area contributed by atoms with Gasteiger partial charge in [0, 0.05) is 12.4 Å². The molecule has 0 radical (unpaired) electrons. The normalized spacial score (nSPS) is 11.1. The number of rotatable bonds is 2. The number of benzene rings is 1. The van der Waals surface area contributed by atoms with Crippen molar-refractivity contribution >= 4 is 22.6 Å². The Morgan fingerprint density at radius 1 is 0.952 bits per heavy atom. The lowest BCUT2D eigenvalue weighted by Gasteiger charge is -2.05. The van der Waals surface area contributed by atoms with Gasteiger partial charge in [0.15, 0.2) is 0 Å². The molecule has 8 heteroatoms. The van der Waals surface area contributed by atoms with E-state index in [-0.39, 0.29) is 5.28 Å². The van der Waals surface area contributed by atoms with E-state index in [2.05, 4.69) is 25.0 Å². The summed E-state index contributed by atoms with van der Waals surface area (Å²) in [6.07, 6.45) is 5.04. The summed E-state index contributed by atoms with van der Waals surface area (Å²) in [5, 5.41) is 4.19. The Hall–Kier alpha value is -2.80. The van der Waals surface area contributed by atoms with Crippen LogP contribution in [0.1, 0.15) is 0 Å². The van der Waals surface area contributed by atoms with Gasteiger partial charge in [0.2, 0.25) is 11.2 Å². The summed E-state index contributed by atoms with van der Waals surface area (Å²) in [6, 6.07) is 9.49. The number of aromatic nitrogens is 7. The van der Waals surface area contributed by atoms with Gasteiger partial charge in [-0.05, 0) is 29.8 Å². The molecule has 102 valence electrons. The fourth-order valence-electron chi connectivity index (χ4n) is 2.05. The number of halogens is 1. The van der Waals surface area contributed by atoms with Gasteiger partial charge in [-0.3, -0.25) is 4.57 Å². The fourth-order valence-corrected chi connectivity index (χ4v) is 2.20. The van der Waals surface area contributed by atoms with Crippen LogP contribution < -0.4 is 0 Å². The molecule has 0 N–H and O–H groups in total. The van der Waals surface area contributed by atoms with E-state index < -0.39 is 0 Å². The zero-order valence-electron chi connectivity index (χ0n) is 10.6. The maximum absolute atomic E-state index is 6.00. The zero-order chi connectivity index (χ0) is 14.2. The highest BCUT2D eigenvalue weighted by molar-refractivity contribution is 6.28. The number of fused-ring (bicyclic) bond motifs is 1. The van der Waals surface area contributed by atoms with Gasteiger partial charge < -0.3 is 0 Å². The standard InChI is InChI=1S/C13H8ClN7/c14-11-17-12(19-13(18-11)21-7-3-6-16-21)20-8-15-9-4-1-2-5-10(9)20/h1-8H. The highest BCUT2D eigenvalue weighted by Gasteiger charge is 2.11. The minimum atomic E-state index is 0.100. The van der Waals surface area contributed by atoms with E-state index in [9.17, 15) is 0 Å². The van der Waals surface area contributed by atoms with Crippen molar-refractivity contribution in [3.8, 4) is 11.9 Å². The third-order valence-corrected chi connectivity index (χ3v) is 3.13. The second-order valence-corrected chi connectivity index (χ2v) is 4.60. The topological polar surface area (TPSA) is 74.3 Å². The number of hydrogen-bond donors (Lipinski definition) is 0. The Kier molecular flexibility index (Phi) is 2.65. The second-order valence-electron chi connectivity index (χ2n) is 4.26. The average Bonchev–Trinajstić information content (AvgIpc) is 3.16. The molecule has 0 spiro atoms. The van der Waals surface area contributed by atoms with Crippen molar-refractivity contribution in [2.75, 3.05) is 0 Å². The highest BCUT2D eigenvalue weighted by Crippen LogP contribution is 2.16. The van der Waals surface area contributed by atoms with Crippen LogP contribution in [0.4, 0.5) is 0 Å². The summed E-state index contributed by atoms with van der Waals surface area (Å²) in [5.74, 6) is 0.752. The minimum absolute atomic E-state index is 0.100. The van der Waals surface area contributed by atoms with E-state index in [0.717, 1.165) is 11.0 Å². The molecular formula is C13H8ClN7. The molecule has 0 unspecified atom stereocenters. The molecule has 0 aliphatic heterocycles. The maximum atomic E-state index is 6.00. The van der Waals surface area contributed by atoms with Crippen molar-refractivity contribution in [1.82, 2.24) is 34.3 Å². The molecule has 1 aromatic carbocycles. The molecule has 7 nitrogen and oxygen atoms in total. The molecule has 0 atom stereocenters. The number of para-hydroxylation sites is 2. The molecule has 0 aliphatic carbocycles. The van der Waals surface area contributed by atoms with E-state index >= 15 is 0 Å². The van der Waals surface area contributed by atoms with Crippen molar-refractivity contribution in [3.63, 3.8) is 0 Å². The van der Waals surface area contributed by atoms with E-state index in [0.29, 0.717) is 11.9 Å². The predicted molar refractivity (Wildman–Crippen MR) is 76.6 cm³/mol. The molecule has 0 aliphatic rings. The van der Waals surface area contributed by atoms with Crippen LogP contribution in [0.5, 0.6) is 0 Å². The van der Waals surface area contributed by atoms with Crippen LogP contribution in [0.2, 0.25) is 5.28 Å². The van der Waals surface area contributed by atoms with Crippen LogP contribution in [0, 0.1) is 0 Å². The monoisotopic (exact) mass is 297 g/mol. The van der Waals surface area contributed by atoms with E-state index in [1.807, 2.05) is 24.3 Å². The average molecular weight is 298 g/mol. The lowest BCUT2D eigenvalue weighted by Crippen LogP contribution is -2.08. The molecule has 3 aromatic heterocycles. The van der Waals surface area contributed by atoms with Crippen LogP contribution in [-0.4, -0.2) is 34.3 Å². The molecule has 0 saturated carbocycles. The Balaban J connectivity index is 1.93. The van der Waals surface area contributed by atoms with Crippen LogP contribution in [0.15, 0.2) is 49.1 Å². The summed E-state index contributed by atoms with van der Waals surface area (Å²) < 4.78 is 3.28. The molecule has 4 rings (SSSR count). The fraction of sp³-hybridized carbons (Fsp3) is 0. The quantitative estimate of drug-likeness (QED) is 0.566. The third kappa shape index (κ3) is 2.03. The van der Waals surface area contributed by atoms with E-state index in [1.54, 1.807) is 29.4 Å². The molecular weight excluding hydrogens is 290 g/mol. The van der Waals surface area contributed by atoms with Gasteiger partial charge in [-0.1, -0.05) is 12.1 Å². The molecule has 0 bridgehead atoms. The summed E-state index contributed by atoms with van der Waals surface area (Å²) in [6.45, 7) is 0. The predicted octanol–water partition coefficient (Wildman–Crippen LogP) is 2.05. The van der Waals surface area contributed by atoms with Gasteiger partial charge in [-0.2, -0.15) is 20.1 Å². The highest BCUT2D eigenvalue weighted by atomic mass is 35.5. The first-order chi connectivity index (χ1) is 10.3. The summed E-state index contributed by atoms with van der Waals surface area (Å²) >= 11 is 6.00. The van der Waals surface area contributed by atoms with Crippen molar-refractivity contribution in [3.05, 3.63) is 54.3 Å². The first kappa shape index (κ1) is 12.0. The first-order valence-corrected chi connectivity index (χ1v) is 6.53. The zero-order valence-corrected chi connectivity index (χ0v) is 11.4. The van der Waals surface area contributed by atoms with Gasteiger partial charge in [-0.15, -0.1) is 0 Å². The summed E-state index contributed by atoms with van der Waals surface area (Å²) in [7, 11) is 0. The van der Waals surface area contributed by atoms with Crippen LogP contribution >= 0.6 is 11.6 Å². The number of hydrogen-bond acceptors (Lipinski definition) is 5. The molecule has 0 saturated heterocycles. The van der Waals surface area contributed by atoms with E-state index in [4.69, 9.17) is 11.6 Å². The Labute approximate surface area is 123 Å². The number of nitrogens with zero attached hydrogens (tertiary/aromatic N) is 7. The van der Waals surface area contributed by atoms with Gasteiger partial charge in [0.1, 0.15) is 6.33 Å². The minimum Gasteiger partial charge on any atom is -0.267 e. The summed E-state index contributed by atoms with van der Waals surface area (Å²) in [4.78, 5) is 16.9. The number of imidazole rings is 1. The molecule has 4 aromatic rings. The first-order valence-electron chi connectivity index (χ1n) is 6.15. The van der Waals surface area contributed by atoms with Gasteiger partial charge >= 0.3 is 0 Å². The maximum Gasteiger partial charge on any atom is 0.256 e. The SMILES string of the molecule is Clc1nc(-n2cccn2)nc(-n2cnc3ccccc32)n1. The van der Waals surface area contributed by atoms with Crippen molar-refractivity contribution in [1.29, 1.82) is 0 Å². The Bertz CT molecular complexity index is 913. The Morgan fingerprint density at radius 3 is 2.67 bits per heavy atom. The largest absolute Gasteiger partial charge is 0.267 e. The van der Waals surface area contributed by atoms with Crippen LogP contribution in [0.3, 0.4) is 0 Å². The Morgan fingerprint density at radius 2 is 1.81 bits per heavy atom. The lowest BCUT2D eigenvalue weighted by molar-refractivity contribution is 0.777. The van der Waals surface area contributed by atoms with Crippen molar-refractivity contribution in [2.45, 2.75) is 0 Å². The lowest BCUT2D eigenvalue weighted by atomic mass is 10.3. The van der Waals surface area contributed by atoms with Crippen molar-refractivity contribution < 1.29 is 0 Å². The van der Waals surface area contributed by atoms with Gasteiger partial charge in [0.25, 0.3) is 5.95 Å². The smallest absolute Gasteiger partial charge is 0.256 e.